The molecule has 1 aliphatic carbocycles. The first kappa shape index (κ1) is 17.0. The summed E-state index contributed by atoms with van der Waals surface area (Å²) in [6.45, 7) is 18.5. The Bertz CT molecular complexity index is 172. The Morgan fingerprint density at radius 1 is 0.882 bits per heavy atom. The zero-order valence-electron chi connectivity index (χ0n) is 13.6. The van der Waals surface area contributed by atoms with Crippen LogP contribution in [0.15, 0.2) is 0 Å². The molecule has 1 aliphatic rings. The van der Waals surface area contributed by atoms with Gasteiger partial charge in [0.05, 0.1) is 0 Å². The fourth-order valence-corrected chi connectivity index (χ4v) is 3.01. The van der Waals surface area contributed by atoms with Gasteiger partial charge in [0, 0.05) is 0 Å². The van der Waals surface area contributed by atoms with Crippen LogP contribution in [0.3, 0.4) is 0 Å². The summed E-state index contributed by atoms with van der Waals surface area (Å²) in [5.41, 5.74) is 0. The summed E-state index contributed by atoms with van der Waals surface area (Å²) < 4.78 is 0. The minimum atomic E-state index is 0.843. The van der Waals surface area contributed by atoms with Crippen molar-refractivity contribution in [3.05, 3.63) is 0 Å². The van der Waals surface area contributed by atoms with Crippen LogP contribution in [0.1, 0.15) is 74.7 Å². The molecule has 0 aliphatic heterocycles. The molecule has 0 heterocycles. The van der Waals surface area contributed by atoms with Gasteiger partial charge in [-0.1, -0.05) is 61.8 Å². The minimum Gasteiger partial charge on any atom is -0.0651 e. The first-order valence-electron chi connectivity index (χ1n) is 7.79. The highest BCUT2D eigenvalue weighted by Crippen LogP contribution is 2.37. The van der Waals surface area contributed by atoms with Crippen LogP contribution < -0.4 is 0 Å². The van der Waals surface area contributed by atoms with Crippen LogP contribution in [0.2, 0.25) is 0 Å². The minimum absolute atomic E-state index is 0.843. The van der Waals surface area contributed by atoms with Crippen molar-refractivity contribution in [2.45, 2.75) is 74.7 Å². The average molecular weight is 240 g/mol. The van der Waals surface area contributed by atoms with Crippen LogP contribution in [0.5, 0.6) is 0 Å². The zero-order valence-corrected chi connectivity index (χ0v) is 13.6. The Kier molecular flexibility index (Phi) is 8.16. The molecule has 3 unspecified atom stereocenters. The maximum absolute atomic E-state index is 2.40. The SMILES string of the molecule is CC(C)C(C)C(C)C.CCC1CC(C)CC1C. The lowest BCUT2D eigenvalue weighted by atomic mass is 9.88. The molecule has 3 atom stereocenters. The Balaban J connectivity index is 0.000000304. The standard InChI is InChI=1S/C9H18.C8H18/c1-4-9-6-7(2)5-8(9)3;1-6(2)8(5)7(3)4/h7-9H,4-6H2,1-3H3;6-8H,1-5H3. The molecule has 0 N–H and O–H groups in total. The Morgan fingerprint density at radius 2 is 1.35 bits per heavy atom. The second-order valence-electron chi connectivity index (χ2n) is 7.07. The van der Waals surface area contributed by atoms with E-state index in [1.165, 1.54) is 19.3 Å². The summed E-state index contributed by atoms with van der Waals surface area (Å²) in [5, 5.41) is 0. The lowest BCUT2D eigenvalue weighted by molar-refractivity contribution is 0.316. The van der Waals surface area contributed by atoms with Crippen LogP contribution >= 0.6 is 0 Å². The first-order chi connectivity index (χ1) is 7.79. The highest BCUT2D eigenvalue weighted by atomic mass is 14.3. The van der Waals surface area contributed by atoms with Gasteiger partial charge < -0.3 is 0 Å². The molecule has 104 valence electrons. The van der Waals surface area contributed by atoms with Gasteiger partial charge in [-0.05, 0) is 48.3 Å². The van der Waals surface area contributed by atoms with Crippen molar-refractivity contribution in [3.63, 3.8) is 0 Å². The molecule has 0 radical (unpaired) electrons. The summed E-state index contributed by atoms with van der Waals surface area (Å²) >= 11 is 0. The second kappa shape index (κ2) is 8.16. The molecule has 0 aromatic rings. The highest BCUT2D eigenvalue weighted by Gasteiger charge is 2.26. The molecular formula is C17H36. The van der Waals surface area contributed by atoms with E-state index in [-0.39, 0.29) is 0 Å². The molecule has 0 aromatic carbocycles. The van der Waals surface area contributed by atoms with Crippen molar-refractivity contribution in [2.75, 3.05) is 0 Å². The molecule has 17 heavy (non-hydrogen) atoms. The quantitative estimate of drug-likeness (QED) is 0.566. The van der Waals surface area contributed by atoms with Gasteiger partial charge in [-0.3, -0.25) is 0 Å². The number of rotatable bonds is 3. The fourth-order valence-electron chi connectivity index (χ4n) is 3.01. The molecule has 0 heteroatoms. The van der Waals surface area contributed by atoms with Gasteiger partial charge in [0.2, 0.25) is 0 Å². The van der Waals surface area contributed by atoms with Crippen LogP contribution in [-0.2, 0) is 0 Å². The van der Waals surface area contributed by atoms with Crippen LogP contribution in [0.4, 0.5) is 0 Å². The summed E-state index contributed by atoms with van der Waals surface area (Å²) in [4.78, 5) is 0. The van der Waals surface area contributed by atoms with Crippen molar-refractivity contribution in [3.8, 4) is 0 Å². The summed E-state index contributed by atoms with van der Waals surface area (Å²) in [5.74, 6) is 5.61. The lowest BCUT2D eigenvalue weighted by Gasteiger charge is -2.18. The van der Waals surface area contributed by atoms with Crippen LogP contribution in [-0.4, -0.2) is 0 Å². The number of hydrogen-bond donors (Lipinski definition) is 0. The van der Waals surface area contributed by atoms with E-state index in [0.717, 1.165) is 35.5 Å². The van der Waals surface area contributed by atoms with E-state index in [1.807, 2.05) is 0 Å². The third-order valence-corrected chi connectivity index (χ3v) is 4.91. The van der Waals surface area contributed by atoms with Gasteiger partial charge in [0.15, 0.2) is 0 Å². The molecule has 1 rings (SSSR count). The molecule has 0 aromatic heterocycles. The summed E-state index contributed by atoms with van der Waals surface area (Å²) in [6, 6.07) is 0. The maximum Gasteiger partial charge on any atom is -0.0388 e. The van der Waals surface area contributed by atoms with Crippen molar-refractivity contribution in [2.24, 2.45) is 35.5 Å². The summed E-state index contributed by atoms with van der Waals surface area (Å²) in [7, 11) is 0. The lowest BCUT2D eigenvalue weighted by Crippen LogP contribution is -2.10. The van der Waals surface area contributed by atoms with Gasteiger partial charge >= 0.3 is 0 Å². The predicted octanol–water partition coefficient (Wildman–Crippen LogP) is 6.01. The molecule has 0 nitrogen and oxygen atoms in total. The summed E-state index contributed by atoms with van der Waals surface area (Å²) in [6.07, 6.45) is 4.35. The maximum atomic E-state index is 2.40. The Morgan fingerprint density at radius 3 is 1.47 bits per heavy atom. The second-order valence-corrected chi connectivity index (χ2v) is 7.07. The third-order valence-electron chi connectivity index (χ3n) is 4.91. The first-order valence-corrected chi connectivity index (χ1v) is 7.79. The van der Waals surface area contributed by atoms with E-state index >= 15 is 0 Å². The molecule has 0 spiro atoms. The molecule has 0 bridgehead atoms. The molecule has 1 fully saturated rings. The molecule has 0 amide bonds. The fraction of sp³-hybridized carbons (Fsp3) is 1.00. The van der Waals surface area contributed by atoms with Crippen molar-refractivity contribution in [1.82, 2.24) is 0 Å². The van der Waals surface area contributed by atoms with Gasteiger partial charge in [0.1, 0.15) is 0 Å². The largest absolute Gasteiger partial charge is 0.0651 e. The van der Waals surface area contributed by atoms with Gasteiger partial charge in [0.25, 0.3) is 0 Å². The van der Waals surface area contributed by atoms with Crippen LogP contribution in [0, 0.1) is 35.5 Å². The van der Waals surface area contributed by atoms with Gasteiger partial charge in [-0.2, -0.15) is 0 Å². The van der Waals surface area contributed by atoms with Crippen molar-refractivity contribution in [1.29, 1.82) is 0 Å². The predicted molar refractivity (Wildman–Crippen MR) is 80.2 cm³/mol. The zero-order chi connectivity index (χ0) is 13.6. The average Bonchev–Trinajstić information content (AvgIpc) is 2.56. The molecule has 1 saturated carbocycles. The smallest absolute Gasteiger partial charge is 0.0388 e. The van der Waals surface area contributed by atoms with Crippen LogP contribution in [0.25, 0.3) is 0 Å². The normalized spacial score (nSPS) is 28.8. The van der Waals surface area contributed by atoms with Gasteiger partial charge in [-0.15, -0.1) is 0 Å². The van der Waals surface area contributed by atoms with Gasteiger partial charge in [-0.25, -0.2) is 0 Å². The monoisotopic (exact) mass is 240 g/mol. The van der Waals surface area contributed by atoms with E-state index in [2.05, 4.69) is 55.4 Å². The molecular weight excluding hydrogens is 204 g/mol. The topological polar surface area (TPSA) is 0 Å². The Hall–Kier alpha value is 0. The highest BCUT2D eigenvalue weighted by molar-refractivity contribution is 4.77. The Labute approximate surface area is 111 Å². The van der Waals surface area contributed by atoms with E-state index in [0.29, 0.717) is 0 Å². The van der Waals surface area contributed by atoms with E-state index in [4.69, 9.17) is 0 Å². The number of hydrogen-bond acceptors (Lipinski definition) is 0. The molecule has 0 saturated heterocycles. The van der Waals surface area contributed by atoms with Crippen molar-refractivity contribution >= 4 is 0 Å². The van der Waals surface area contributed by atoms with Crippen molar-refractivity contribution < 1.29 is 0 Å². The van der Waals surface area contributed by atoms with E-state index < -0.39 is 0 Å². The van der Waals surface area contributed by atoms with E-state index in [9.17, 15) is 0 Å². The van der Waals surface area contributed by atoms with E-state index in [1.54, 1.807) is 0 Å². The third kappa shape index (κ3) is 6.48.